The highest BCUT2D eigenvalue weighted by atomic mass is 16.5. The van der Waals surface area contributed by atoms with Gasteiger partial charge in [-0.1, -0.05) is 25.1 Å². The van der Waals surface area contributed by atoms with Crippen LogP contribution in [0.1, 0.15) is 42.6 Å². The Kier molecular flexibility index (Phi) is 4.92. The van der Waals surface area contributed by atoms with Crippen LogP contribution < -0.4 is 4.74 Å². The van der Waals surface area contributed by atoms with E-state index in [1.54, 1.807) is 28.9 Å². The van der Waals surface area contributed by atoms with Gasteiger partial charge in [0.15, 0.2) is 0 Å². The van der Waals surface area contributed by atoms with Gasteiger partial charge in [-0.3, -0.25) is 9.59 Å². The van der Waals surface area contributed by atoms with E-state index in [4.69, 9.17) is 9.47 Å². The van der Waals surface area contributed by atoms with Crippen molar-refractivity contribution in [2.75, 3.05) is 13.2 Å². The highest BCUT2D eigenvalue weighted by Crippen LogP contribution is 2.59. The van der Waals surface area contributed by atoms with Gasteiger partial charge in [0, 0.05) is 18.2 Å². The Morgan fingerprint density at radius 1 is 1.09 bits per heavy atom. The summed E-state index contributed by atoms with van der Waals surface area (Å²) >= 11 is 0. The van der Waals surface area contributed by atoms with Crippen molar-refractivity contribution in [1.82, 2.24) is 9.80 Å². The zero-order valence-electron chi connectivity index (χ0n) is 18.2. The number of para-hydroxylation sites is 1. The Balaban J connectivity index is 1.28. The lowest BCUT2D eigenvalue weighted by Gasteiger charge is -2.28. The molecule has 0 N–H and O–H groups in total. The molecular weight excluding hydrogens is 408 g/mol. The predicted molar refractivity (Wildman–Crippen MR) is 116 cm³/mol. The molecule has 0 bridgehead atoms. The molecule has 2 aromatic carbocycles. The monoisotopic (exact) mass is 434 g/mol. The Hall–Kier alpha value is -3.35. The minimum absolute atomic E-state index is 0.0191. The number of amides is 2. The summed E-state index contributed by atoms with van der Waals surface area (Å²) in [6.07, 6.45) is 1.51. The number of fused-ring (bicyclic) bond motifs is 2. The van der Waals surface area contributed by atoms with E-state index in [1.165, 1.54) is 0 Å². The van der Waals surface area contributed by atoms with Crippen molar-refractivity contribution >= 4 is 17.8 Å². The molecule has 3 aliphatic rings. The molecule has 3 atom stereocenters. The summed E-state index contributed by atoms with van der Waals surface area (Å²) in [5, 5.41) is 0. The fourth-order valence-corrected chi connectivity index (χ4v) is 4.99. The molecule has 2 aromatic rings. The standard InChI is InChI=1S/C25H26N2O5/c1-3-31-24(30)20-12-25(2)13-21(25)27(20)22(28)15-26-14-16-11-18(9-10-19(16)23(26)29)32-17-7-5-4-6-8-17/h4-11,20-21H,3,12-15H2,1-2H3/t20-,21?,25-/m0/s1. The Bertz CT molecular complexity index is 1080. The molecule has 32 heavy (non-hydrogen) atoms. The number of carbonyl (C=O) groups excluding carboxylic acids is 3. The van der Waals surface area contributed by atoms with Gasteiger partial charge in [-0.25, -0.2) is 4.79 Å². The number of piperidine rings is 1. The van der Waals surface area contributed by atoms with Crippen LogP contribution in [0.3, 0.4) is 0 Å². The lowest BCUT2D eigenvalue weighted by Crippen LogP contribution is -2.48. The number of hydrogen-bond acceptors (Lipinski definition) is 5. The highest BCUT2D eigenvalue weighted by molar-refractivity contribution is 6.01. The van der Waals surface area contributed by atoms with E-state index in [0.717, 1.165) is 17.7 Å². The van der Waals surface area contributed by atoms with Gasteiger partial charge in [0.1, 0.15) is 24.1 Å². The quantitative estimate of drug-likeness (QED) is 0.652. The third kappa shape index (κ3) is 3.51. The van der Waals surface area contributed by atoms with E-state index in [2.05, 4.69) is 6.92 Å². The first-order valence-electron chi connectivity index (χ1n) is 11.0. The molecule has 1 unspecified atom stereocenters. The molecule has 2 amide bonds. The van der Waals surface area contributed by atoms with Crippen LogP contribution in [0.15, 0.2) is 48.5 Å². The van der Waals surface area contributed by atoms with Gasteiger partial charge in [-0.15, -0.1) is 0 Å². The number of nitrogens with zero attached hydrogens (tertiary/aromatic N) is 2. The van der Waals surface area contributed by atoms with Crippen LogP contribution >= 0.6 is 0 Å². The van der Waals surface area contributed by atoms with E-state index in [0.29, 0.717) is 24.3 Å². The Labute approximate surface area is 186 Å². The average molecular weight is 434 g/mol. The maximum atomic E-state index is 13.2. The molecule has 2 aliphatic heterocycles. The van der Waals surface area contributed by atoms with Crippen LogP contribution in [-0.2, 0) is 20.9 Å². The minimum atomic E-state index is -0.558. The molecular formula is C25H26N2O5. The fraction of sp³-hybridized carbons (Fsp3) is 0.400. The summed E-state index contributed by atoms with van der Waals surface area (Å²) in [4.78, 5) is 41.7. The molecule has 0 aromatic heterocycles. The zero-order valence-corrected chi connectivity index (χ0v) is 18.2. The topological polar surface area (TPSA) is 76.2 Å². The SMILES string of the molecule is CCOC(=O)[C@@H]1C[C@@]2(C)CC2N1C(=O)CN1Cc2cc(Oc3ccccc3)ccc2C1=O. The van der Waals surface area contributed by atoms with Gasteiger partial charge >= 0.3 is 5.97 Å². The maximum Gasteiger partial charge on any atom is 0.328 e. The molecule has 7 heteroatoms. The third-order valence-corrected chi connectivity index (χ3v) is 6.74. The third-order valence-electron chi connectivity index (χ3n) is 6.74. The summed E-state index contributed by atoms with van der Waals surface area (Å²) in [5.74, 6) is 0.635. The Morgan fingerprint density at radius 3 is 2.62 bits per heavy atom. The number of hydrogen-bond donors (Lipinski definition) is 0. The Morgan fingerprint density at radius 2 is 1.88 bits per heavy atom. The predicted octanol–water partition coefficient (Wildman–Crippen LogP) is 3.38. The van der Waals surface area contributed by atoms with Crippen molar-refractivity contribution in [3.8, 4) is 11.5 Å². The summed E-state index contributed by atoms with van der Waals surface area (Å²) in [7, 11) is 0. The second-order valence-corrected chi connectivity index (χ2v) is 9.04. The van der Waals surface area contributed by atoms with Crippen molar-refractivity contribution in [2.24, 2.45) is 5.41 Å². The van der Waals surface area contributed by atoms with Crippen molar-refractivity contribution in [3.05, 3.63) is 59.7 Å². The summed E-state index contributed by atoms with van der Waals surface area (Å²) in [5.41, 5.74) is 1.39. The van der Waals surface area contributed by atoms with E-state index >= 15 is 0 Å². The van der Waals surface area contributed by atoms with Gasteiger partial charge in [-0.2, -0.15) is 0 Å². The molecule has 1 saturated heterocycles. The molecule has 1 aliphatic carbocycles. The van der Waals surface area contributed by atoms with Crippen LogP contribution in [0, 0.1) is 5.41 Å². The maximum absolute atomic E-state index is 13.2. The average Bonchev–Trinajstić information content (AvgIpc) is 3.19. The van der Waals surface area contributed by atoms with Gasteiger partial charge < -0.3 is 19.3 Å². The van der Waals surface area contributed by atoms with Gasteiger partial charge in [0.05, 0.1) is 6.61 Å². The highest BCUT2D eigenvalue weighted by Gasteiger charge is 2.64. The number of benzene rings is 2. The second kappa shape index (κ2) is 7.65. The first-order valence-corrected chi connectivity index (χ1v) is 11.0. The van der Waals surface area contributed by atoms with Crippen molar-refractivity contribution in [1.29, 1.82) is 0 Å². The molecule has 2 heterocycles. The first kappa shape index (κ1) is 20.5. The van der Waals surface area contributed by atoms with E-state index in [-0.39, 0.29) is 42.4 Å². The first-order chi connectivity index (χ1) is 15.4. The van der Waals surface area contributed by atoms with Crippen LogP contribution in [-0.4, -0.2) is 52.8 Å². The van der Waals surface area contributed by atoms with Crippen LogP contribution in [0.5, 0.6) is 11.5 Å². The molecule has 2 fully saturated rings. The van der Waals surface area contributed by atoms with Crippen LogP contribution in [0.25, 0.3) is 0 Å². The summed E-state index contributed by atoms with van der Waals surface area (Å²) in [6, 6.07) is 14.3. The van der Waals surface area contributed by atoms with Crippen LogP contribution in [0.4, 0.5) is 0 Å². The number of rotatable bonds is 6. The molecule has 0 radical (unpaired) electrons. The van der Waals surface area contributed by atoms with E-state index < -0.39 is 6.04 Å². The zero-order chi connectivity index (χ0) is 22.5. The van der Waals surface area contributed by atoms with Crippen molar-refractivity contribution in [2.45, 2.75) is 45.3 Å². The number of likely N-dealkylation sites (tertiary alicyclic amines) is 1. The van der Waals surface area contributed by atoms with E-state index in [9.17, 15) is 14.4 Å². The summed E-state index contributed by atoms with van der Waals surface area (Å²) in [6.45, 7) is 4.43. The normalized spacial score (nSPS) is 25.4. The molecule has 1 saturated carbocycles. The number of ether oxygens (including phenoxy) is 2. The molecule has 166 valence electrons. The molecule has 5 rings (SSSR count). The fourth-order valence-electron chi connectivity index (χ4n) is 4.99. The van der Waals surface area contributed by atoms with Gasteiger partial charge in [0.2, 0.25) is 5.91 Å². The minimum Gasteiger partial charge on any atom is -0.464 e. The lowest BCUT2D eigenvalue weighted by molar-refractivity contribution is -0.154. The van der Waals surface area contributed by atoms with Gasteiger partial charge in [0.25, 0.3) is 5.91 Å². The van der Waals surface area contributed by atoms with Crippen LogP contribution in [0.2, 0.25) is 0 Å². The molecule has 7 nitrogen and oxygen atoms in total. The second-order valence-electron chi connectivity index (χ2n) is 9.04. The number of esters is 1. The number of carbonyl (C=O) groups is 3. The van der Waals surface area contributed by atoms with Crippen molar-refractivity contribution < 1.29 is 23.9 Å². The van der Waals surface area contributed by atoms with Gasteiger partial charge in [-0.05, 0) is 61.1 Å². The van der Waals surface area contributed by atoms with E-state index in [1.807, 2.05) is 36.4 Å². The van der Waals surface area contributed by atoms with Crippen molar-refractivity contribution in [3.63, 3.8) is 0 Å². The largest absolute Gasteiger partial charge is 0.464 e. The smallest absolute Gasteiger partial charge is 0.328 e. The lowest BCUT2D eigenvalue weighted by atomic mass is 10.0. The molecule has 0 spiro atoms. The summed E-state index contributed by atoms with van der Waals surface area (Å²) < 4.78 is 11.1.